The van der Waals surface area contributed by atoms with Gasteiger partial charge in [0.1, 0.15) is 0 Å². The van der Waals surface area contributed by atoms with Crippen molar-refractivity contribution >= 4 is 27.3 Å². The Morgan fingerprint density at radius 1 is 1.45 bits per heavy atom. The fourth-order valence-electron chi connectivity index (χ4n) is 3.73. The molecule has 5 heteroatoms. The minimum absolute atomic E-state index is 0.380. The lowest BCUT2D eigenvalue weighted by molar-refractivity contribution is -0.00593. The van der Waals surface area contributed by atoms with E-state index in [1.165, 1.54) is 48.2 Å². The Kier molecular flexibility index (Phi) is 4.82. The summed E-state index contributed by atoms with van der Waals surface area (Å²) in [7, 11) is 0. The Bertz CT molecular complexity index is 450. The third kappa shape index (κ3) is 2.97. The molecule has 0 saturated carbocycles. The molecule has 112 valence electrons. The molecule has 1 aromatic heterocycles. The second kappa shape index (κ2) is 6.44. The first kappa shape index (κ1) is 15.0. The lowest BCUT2D eigenvalue weighted by Gasteiger charge is -2.49. The number of piperidine rings is 1. The molecular formula is C15H24BrN3S. The molecule has 0 radical (unpaired) electrons. The summed E-state index contributed by atoms with van der Waals surface area (Å²) in [4.78, 5) is 6.74. The second-order valence-electron chi connectivity index (χ2n) is 6.11. The van der Waals surface area contributed by atoms with Crippen LogP contribution in [0.1, 0.15) is 37.1 Å². The highest BCUT2D eigenvalue weighted by atomic mass is 79.9. The monoisotopic (exact) mass is 357 g/mol. The lowest BCUT2D eigenvalue weighted by Crippen LogP contribution is -2.59. The van der Waals surface area contributed by atoms with E-state index in [4.69, 9.17) is 5.73 Å². The molecule has 0 bridgehead atoms. The lowest BCUT2D eigenvalue weighted by atomic mass is 9.95. The summed E-state index contributed by atoms with van der Waals surface area (Å²) < 4.78 is 1.18. The van der Waals surface area contributed by atoms with Crippen LogP contribution in [0.2, 0.25) is 0 Å². The van der Waals surface area contributed by atoms with Crippen molar-refractivity contribution in [2.45, 2.75) is 44.3 Å². The molecule has 2 N–H and O–H groups in total. The van der Waals surface area contributed by atoms with E-state index in [0.29, 0.717) is 18.6 Å². The number of rotatable bonds is 3. The van der Waals surface area contributed by atoms with Crippen molar-refractivity contribution in [2.75, 3.05) is 26.2 Å². The van der Waals surface area contributed by atoms with Crippen LogP contribution < -0.4 is 5.73 Å². The molecule has 2 aliphatic heterocycles. The number of fused-ring (bicyclic) bond motifs is 1. The Hall–Kier alpha value is 0.0600. The van der Waals surface area contributed by atoms with E-state index in [9.17, 15) is 0 Å². The van der Waals surface area contributed by atoms with E-state index in [0.717, 1.165) is 6.04 Å². The van der Waals surface area contributed by atoms with Crippen molar-refractivity contribution < 1.29 is 0 Å². The van der Waals surface area contributed by atoms with Gasteiger partial charge in [-0.2, -0.15) is 0 Å². The molecule has 0 spiro atoms. The first-order valence-corrected chi connectivity index (χ1v) is 9.30. The van der Waals surface area contributed by atoms with Gasteiger partial charge in [-0.25, -0.2) is 0 Å². The molecule has 0 aromatic carbocycles. The summed E-state index contributed by atoms with van der Waals surface area (Å²) in [5.41, 5.74) is 6.11. The maximum Gasteiger partial charge on any atom is 0.0568 e. The van der Waals surface area contributed by atoms with Crippen LogP contribution in [0.25, 0.3) is 0 Å². The van der Waals surface area contributed by atoms with E-state index in [2.05, 4.69) is 44.1 Å². The van der Waals surface area contributed by atoms with Crippen molar-refractivity contribution in [1.29, 1.82) is 0 Å². The topological polar surface area (TPSA) is 32.5 Å². The highest BCUT2D eigenvalue weighted by molar-refractivity contribution is 9.10. The van der Waals surface area contributed by atoms with Gasteiger partial charge >= 0.3 is 0 Å². The van der Waals surface area contributed by atoms with Crippen LogP contribution in [0.3, 0.4) is 0 Å². The van der Waals surface area contributed by atoms with Gasteiger partial charge in [-0.15, -0.1) is 11.3 Å². The minimum Gasteiger partial charge on any atom is -0.329 e. The first-order valence-electron chi connectivity index (χ1n) is 7.63. The molecule has 0 aliphatic carbocycles. The fourth-order valence-corrected chi connectivity index (χ4v) is 5.31. The number of nitrogens with two attached hydrogens (primary N) is 1. The van der Waals surface area contributed by atoms with Gasteiger partial charge in [-0.05, 0) is 48.3 Å². The van der Waals surface area contributed by atoms with Crippen molar-refractivity contribution in [3.8, 4) is 0 Å². The van der Waals surface area contributed by atoms with Gasteiger partial charge in [-0.1, -0.05) is 6.42 Å². The number of piperazine rings is 1. The molecule has 1 aromatic rings. The van der Waals surface area contributed by atoms with Gasteiger partial charge < -0.3 is 5.73 Å². The van der Waals surface area contributed by atoms with Crippen molar-refractivity contribution in [3.63, 3.8) is 0 Å². The Morgan fingerprint density at radius 3 is 3.00 bits per heavy atom. The zero-order chi connectivity index (χ0) is 14.1. The molecule has 2 saturated heterocycles. The van der Waals surface area contributed by atoms with Crippen LogP contribution in [0, 0.1) is 0 Å². The third-order valence-electron chi connectivity index (χ3n) is 4.78. The number of nitrogens with zero attached hydrogens (tertiary/aromatic N) is 2. The number of hydrogen-bond acceptors (Lipinski definition) is 4. The predicted molar refractivity (Wildman–Crippen MR) is 89.2 cm³/mol. The van der Waals surface area contributed by atoms with Gasteiger partial charge in [0.25, 0.3) is 0 Å². The van der Waals surface area contributed by atoms with Crippen LogP contribution in [-0.4, -0.2) is 48.1 Å². The maximum atomic E-state index is 6.11. The normalized spacial score (nSPS) is 30.1. The maximum absolute atomic E-state index is 6.11. The van der Waals surface area contributed by atoms with Crippen LogP contribution >= 0.6 is 27.3 Å². The fraction of sp³-hybridized carbons (Fsp3) is 0.733. The van der Waals surface area contributed by atoms with Gasteiger partial charge in [0, 0.05) is 46.4 Å². The molecular weight excluding hydrogens is 334 g/mol. The minimum atomic E-state index is 0.380. The zero-order valence-electron chi connectivity index (χ0n) is 12.1. The van der Waals surface area contributed by atoms with E-state index in [-0.39, 0.29) is 0 Å². The smallest absolute Gasteiger partial charge is 0.0568 e. The van der Waals surface area contributed by atoms with E-state index < -0.39 is 0 Å². The Labute approximate surface area is 134 Å². The Morgan fingerprint density at radius 2 is 2.30 bits per heavy atom. The van der Waals surface area contributed by atoms with E-state index in [1.807, 2.05) is 11.3 Å². The number of hydrogen-bond donors (Lipinski definition) is 1. The van der Waals surface area contributed by atoms with Gasteiger partial charge in [0.15, 0.2) is 0 Å². The van der Waals surface area contributed by atoms with Gasteiger partial charge in [0.2, 0.25) is 0 Å². The van der Waals surface area contributed by atoms with Crippen LogP contribution in [0.5, 0.6) is 0 Å². The number of thiophene rings is 1. The summed E-state index contributed by atoms with van der Waals surface area (Å²) in [6, 6.07) is 3.96. The quantitative estimate of drug-likeness (QED) is 0.901. The summed E-state index contributed by atoms with van der Waals surface area (Å²) in [6.07, 6.45) is 4.12. The largest absolute Gasteiger partial charge is 0.329 e. The van der Waals surface area contributed by atoms with E-state index >= 15 is 0 Å². The second-order valence-corrected chi connectivity index (χ2v) is 7.97. The van der Waals surface area contributed by atoms with Crippen molar-refractivity contribution in [1.82, 2.24) is 9.80 Å². The molecule has 3 unspecified atom stereocenters. The standard InChI is InChI=1S/C15H24BrN3S/c1-11-8-18-5-3-2-4-13(18)9-19(11)14(7-17)15-6-12(16)10-20-15/h6,10-11,13-14H,2-5,7-9,17H2,1H3. The zero-order valence-corrected chi connectivity index (χ0v) is 14.5. The molecule has 20 heavy (non-hydrogen) atoms. The first-order chi connectivity index (χ1) is 9.69. The van der Waals surface area contributed by atoms with E-state index in [1.54, 1.807) is 0 Å². The van der Waals surface area contributed by atoms with Gasteiger partial charge in [0.05, 0.1) is 6.04 Å². The number of halogens is 1. The summed E-state index contributed by atoms with van der Waals surface area (Å²) in [5.74, 6) is 0. The predicted octanol–water partition coefficient (Wildman–Crippen LogP) is 3.07. The molecule has 3 nitrogen and oxygen atoms in total. The molecule has 3 rings (SSSR count). The van der Waals surface area contributed by atoms with Crippen molar-refractivity contribution in [2.24, 2.45) is 5.73 Å². The van der Waals surface area contributed by atoms with Crippen molar-refractivity contribution in [3.05, 3.63) is 20.8 Å². The summed E-state index contributed by atoms with van der Waals surface area (Å²) in [6.45, 7) is 6.74. The summed E-state index contributed by atoms with van der Waals surface area (Å²) >= 11 is 5.39. The van der Waals surface area contributed by atoms with Crippen LogP contribution in [-0.2, 0) is 0 Å². The average Bonchev–Trinajstić information content (AvgIpc) is 2.86. The van der Waals surface area contributed by atoms with Gasteiger partial charge in [-0.3, -0.25) is 9.80 Å². The molecule has 3 atom stereocenters. The SMILES string of the molecule is CC1CN2CCCCC2CN1C(CN)c1cc(Br)cs1. The van der Waals surface area contributed by atoms with Crippen LogP contribution in [0.4, 0.5) is 0 Å². The Balaban J connectivity index is 1.77. The highest BCUT2D eigenvalue weighted by Crippen LogP contribution is 2.34. The van der Waals surface area contributed by atoms with Crippen LogP contribution in [0.15, 0.2) is 15.9 Å². The molecule has 2 aliphatic rings. The molecule has 0 amide bonds. The summed E-state index contributed by atoms with van der Waals surface area (Å²) in [5, 5.41) is 2.17. The third-order valence-corrected chi connectivity index (χ3v) is 6.57. The molecule has 2 fully saturated rings. The molecule has 3 heterocycles. The highest BCUT2D eigenvalue weighted by Gasteiger charge is 2.36. The average molecular weight is 358 g/mol.